The summed E-state index contributed by atoms with van der Waals surface area (Å²) in [6.45, 7) is 24.5. The lowest BCUT2D eigenvalue weighted by molar-refractivity contribution is -0.114. The number of ketones is 1. The Morgan fingerprint density at radius 2 is 1.02 bits per heavy atom. The number of hydrogen-bond donors (Lipinski definition) is 5. The molecule has 0 aliphatic heterocycles. The highest BCUT2D eigenvalue weighted by molar-refractivity contribution is 6.11. The van der Waals surface area contributed by atoms with Gasteiger partial charge in [-0.1, -0.05) is 101 Å². The first-order valence-corrected chi connectivity index (χ1v) is 17.5. The van der Waals surface area contributed by atoms with E-state index in [1.54, 1.807) is 18.2 Å². The largest absolute Gasteiger partial charge is 0.508 e. The summed E-state index contributed by atoms with van der Waals surface area (Å²) in [6, 6.07) is 11.6. The minimum Gasteiger partial charge on any atom is -0.508 e. The lowest BCUT2D eigenvalue weighted by atomic mass is 9.71. The van der Waals surface area contributed by atoms with Gasteiger partial charge in [0.15, 0.2) is 5.78 Å². The number of phenols is 5. The minimum absolute atomic E-state index is 0.0186. The van der Waals surface area contributed by atoms with Crippen molar-refractivity contribution in [3.63, 3.8) is 0 Å². The molecule has 0 aromatic heterocycles. The van der Waals surface area contributed by atoms with E-state index in [9.17, 15) is 30.3 Å². The van der Waals surface area contributed by atoms with Gasteiger partial charge in [-0.15, -0.1) is 0 Å². The van der Waals surface area contributed by atoms with Crippen molar-refractivity contribution in [3.05, 3.63) is 111 Å². The monoisotopic (exact) mass is 678 g/mol. The quantitative estimate of drug-likeness (QED) is 0.188. The van der Waals surface area contributed by atoms with Crippen LogP contribution in [0, 0.1) is 10.8 Å². The summed E-state index contributed by atoms with van der Waals surface area (Å²) in [5.74, 6) is -1.58. The molecule has 0 amide bonds. The summed E-state index contributed by atoms with van der Waals surface area (Å²) in [5.41, 5.74) is 4.85. The third-order valence-electron chi connectivity index (χ3n) is 10.1. The van der Waals surface area contributed by atoms with E-state index in [4.69, 9.17) is 0 Å². The molecule has 5 N–H and O–H groups in total. The number of benzene rings is 3. The van der Waals surface area contributed by atoms with Crippen LogP contribution in [0.3, 0.4) is 0 Å². The van der Waals surface area contributed by atoms with E-state index in [2.05, 4.69) is 47.6 Å². The van der Waals surface area contributed by atoms with Crippen LogP contribution in [0.25, 0.3) is 0 Å². The fourth-order valence-electron chi connectivity index (χ4n) is 7.67. The third-order valence-corrected chi connectivity index (χ3v) is 10.1. The summed E-state index contributed by atoms with van der Waals surface area (Å²) in [4.78, 5) is 13.8. The van der Waals surface area contributed by atoms with Gasteiger partial charge in [-0.3, -0.25) is 4.79 Å². The number of allylic oxidation sites excluding steroid dienone is 6. The van der Waals surface area contributed by atoms with E-state index >= 15 is 0 Å². The predicted molar refractivity (Wildman–Crippen MR) is 201 cm³/mol. The summed E-state index contributed by atoms with van der Waals surface area (Å²) in [7, 11) is 0. The number of rotatable bonds is 3. The fourth-order valence-corrected chi connectivity index (χ4v) is 7.67. The van der Waals surface area contributed by atoms with Crippen molar-refractivity contribution in [2.45, 2.75) is 112 Å². The van der Waals surface area contributed by atoms with Gasteiger partial charge in [-0.2, -0.15) is 0 Å². The maximum atomic E-state index is 13.8. The minimum atomic E-state index is -0.515. The van der Waals surface area contributed by atoms with Crippen molar-refractivity contribution in [1.82, 2.24) is 0 Å². The summed E-state index contributed by atoms with van der Waals surface area (Å²) < 4.78 is 0. The zero-order valence-corrected chi connectivity index (χ0v) is 31.6. The van der Waals surface area contributed by atoms with Crippen molar-refractivity contribution in [3.8, 4) is 28.7 Å². The second-order valence-electron chi connectivity index (χ2n) is 18.4. The van der Waals surface area contributed by atoms with Gasteiger partial charge in [0.25, 0.3) is 0 Å². The molecule has 0 saturated heterocycles. The molecule has 0 bridgehead atoms. The molecule has 266 valence electrons. The molecule has 0 saturated carbocycles. The third kappa shape index (κ3) is 6.82. The van der Waals surface area contributed by atoms with Crippen LogP contribution in [0.1, 0.15) is 134 Å². The molecule has 0 fully saturated rings. The number of hydrogen-bond acceptors (Lipinski definition) is 6. The van der Waals surface area contributed by atoms with Gasteiger partial charge >= 0.3 is 0 Å². The highest BCUT2D eigenvalue weighted by Gasteiger charge is 2.45. The van der Waals surface area contributed by atoms with Crippen molar-refractivity contribution < 1.29 is 30.3 Å². The zero-order chi connectivity index (χ0) is 37.5. The molecular weight excluding hydrogens is 624 g/mol. The topological polar surface area (TPSA) is 118 Å². The van der Waals surface area contributed by atoms with Gasteiger partial charge in [0.1, 0.15) is 28.7 Å². The Labute approximate surface area is 297 Å². The smallest absolute Gasteiger partial charge is 0.186 e. The summed E-state index contributed by atoms with van der Waals surface area (Å²) in [5, 5.41) is 55.8. The van der Waals surface area contributed by atoms with Gasteiger partial charge < -0.3 is 25.5 Å². The van der Waals surface area contributed by atoms with Crippen LogP contribution in [0.5, 0.6) is 28.7 Å². The molecule has 6 heteroatoms. The van der Waals surface area contributed by atoms with Crippen molar-refractivity contribution in [2.75, 3.05) is 0 Å². The molecule has 0 spiro atoms. The second-order valence-corrected chi connectivity index (χ2v) is 18.4. The van der Waals surface area contributed by atoms with Crippen molar-refractivity contribution >= 4 is 5.78 Å². The van der Waals surface area contributed by atoms with Gasteiger partial charge in [-0.05, 0) is 85.4 Å². The number of carbonyl (C=O) groups is 1. The first kappa shape index (κ1) is 36.8. The van der Waals surface area contributed by atoms with Crippen molar-refractivity contribution in [2.24, 2.45) is 10.8 Å². The Balaban J connectivity index is 1.91. The van der Waals surface area contributed by atoms with Gasteiger partial charge in [0.2, 0.25) is 0 Å². The summed E-state index contributed by atoms with van der Waals surface area (Å²) >= 11 is 0. The molecule has 0 radical (unpaired) electrons. The Kier molecular flexibility index (Phi) is 8.91. The standard InChI is InChI=1S/C44H54O6/c1-41(2,3)31-14-23(15-32(39(31)49)42(4,5)6)13-29-30-21-28(47)22-35(48)38(30)37(36(29)24-16-26(45)20-27(46)17-24)25-18-33(43(7,8)9)40(50)34(19-25)44(10,11)12/h13-22,29,36-37,45-48,50H,1-12H3/t29-,36+,37-/m0/s1. The highest BCUT2D eigenvalue weighted by atomic mass is 16.3. The lowest BCUT2D eigenvalue weighted by Crippen LogP contribution is -2.28. The lowest BCUT2D eigenvalue weighted by Gasteiger charge is -2.32. The number of aromatic hydroxyl groups is 5. The van der Waals surface area contributed by atoms with E-state index in [0.717, 1.165) is 22.3 Å². The molecule has 3 atom stereocenters. The van der Waals surface area contributed by atoms with E-state index in [0.29, 0.717) is 27.8 Å². The Hall–Kier alpha value is -4.45. The normalized spacial score (nSPS) is 20.0. The molecule has 0 unspecified atom stereocenters. The number of Topliss-reactive ketones (excluding diaryl/α,β-unsaturated/α-hetero) is 1. The number of carbonyl (C=O) groups excluding carboxylic acids is 1. The SMILES string of the molecule is CC(C)(C)C1=CC(=C[C@H]2c3cc(O)cc(O)c3[C@@H](c3cc(C(C)(C)C)c(O)c(C(C)(C)C)c3)[C@@H]2c2cc(O)cc(O)c2)C=C(C(C)(C)C)C1=O. The molecule has 2 aliphatic rings. The van der Waals surface area contributed by atoms with Crippen LogP contribution in [0.15, 0.2) is 77.4 Å². The highest BCUT2D eigenvalue weighted by Crippen LogP contribution is 2.60. The first-order chi connectivity index (χ1) is 22.8. The van der Waals surface area contributed by atoms with Crippen LogP contribution >= 0.6 is 0 Å². The van der Waals surface area contributed by atoms with Crippen LogP contribution in [0.4, 0.5) is 0 Å². The number of phenolic OH excluding ortho intramolecular Hbond substituents is 5. The maximum absolute atomic E-state index is 13.8. The van der Waals surface area contributed by atoms with E-state index in [1.807, 2.05) is 65.8 Å². The molecule has 3 aromatic rings. The Bertz CT molecular complexity index is 1870. The molecule has 3 aromatic carbocycles. The second kappa shape index (κ2) is 12.1. The average molecular weight is 679 g/mol. The fraction of sp³-hybridized carbons (Fsp3) is 0.432. The van der Waals surface area contributed by atoms with Gasteiger partial charge in [0, 0.05) is 46.6 Å². The van der Waals surface area contributed by atoms with Crippen LogP contribution in [-0.2, 0) is 15.6 Å². The Morgan fingerprint density at radius 3 is 1.46 bits per heavy atom. The molecule has 2 aliphatic carbocycles. The van der Waals surface area contributed by atoms with Crippen LogP contribution in [0.2, 0.25) is 0 Å². The molecule has 0 heterocycles. The van der Waals surface area contributed by atoms with Crippen molar-refractivity contribution in [1.29, 1.82) is 0 Å². The maximum Gasteiger partial charge on any atom is 0.186 e. The zero-order valence-electron chi connectivity index (χ0n) is 31.6. The molecule has 6 nitrogen and oxygen atoms in total. The average Bonchev–Trinajstić information content (AvgIpc) is 3.25. The van der Waals surface area contributed by atoms with Gasteiger partial charge in [-0.25, -0.2) is 0 Å². The molecule has 5 rings (SSSR count). The van der Waals surface area contributed by atoms with E-state index in [-0.39, 0.29) is 34.5 Å². The Morgan fingerprint density at radius 1 is 0.560 bits per heavy atom. The van der Waals surface area contributed by atoms with Crippen LogP contribution in [-0.4, -0.2) is 31.3 Å². The molecule has 50 heavy (non-hydrogen) atoms. The van der Waals surface area contributed by atoms with Crippen LogP contribution < -0.4 is 0 Å². The predicted octanol–water partition coefficient (Wildman–Crippen LogP) is 10.3. The summed E-state index contributed by atoms with van der Waals surface area (Å²) in [6.07, 6.45) is 5.98. The number of fused-ring (bicyclic) bond motifs is 1. The first-order valence-electron chi connectivity index (χ1n) is 17.5. The van der Waals surface area contributed by atoms with Gasteiger partial charge in [0.05, 0.1) is 0 Å². The van der Waals surface area contributed by atoms with E-state index in [1.165, 1.54) is 12.1 Å². The van der Waals surface area contributed by atoms with E-state index < -0.39 is 39.4 Å². The molecular formula is C44H54O6.